The van der Waals surface area contributed by atoms with E-state index < -0.39 is 0 Å². The Labute approximate surface area is 108 Å². The van der Waals surface area contributed by atoms with Gasteiger partial charge in [-0.2, -0.15) is 0 Å². The van der Waals surface area contributed by atoms with Gasteiger partial charge in [-0.1, -0.05) is 13.0 Å². The molecule has 0 radical (unpaired) electrons. The van der Waals surface area contributed by atoms with Crippen molar-refractivity contribution < 1.29 is 9.47 Å². The minimum atomic E-state index is 0.586. The molecule has 0 aliphatic carbocycles. The second-order valence-electron chi connectivity index (χ2n) is 5.33. The monoisotopic (exact) mass is 247 g/mol. The van der Waals surface area contributed by atoms with E-state index >= 15 is 0 Å². The van der Waals surface area contributed by atoms with Crippen LogP contribution in [0.15, 0.2) is 18.2 Å². The largest absolute Gasteiger partial charge is 0.486 e. The summed E-state index contributed by atoms with van der Waals surface area (Å²) in [5, 5.41) is 3.66. The number of rotatable bonds is 2. The molecule has 0 spiro atoms. The molecule has 1 fully saturated rings. The molecule has 0 bridgehead atoms. The molecule has 1 N–H and O–H groups in total. The van der Waals surface area contributed by atoms with Crippen LogP contribution in [-0.2, 0) is 0 Å². The number of nitrogens with one attached hydrogen (secondary N) is 1. The van der Waals surface area contributed by atoms with Crippen LogP contribution >= 0.6 is 0 Å². The van der Waals surface area contributed by atoms with E-state index in [1.54, 1.807) is 0 Å². The summed E-state index contributed by atoms with van der Waals surface area (Å²) in [6, 6.07) is 7.61. The third-order valence-corrected chi connectivity index (χ3v) is 4.03. The summed E-state index contributed by atoms with van der Waals surface area (Å²) >= 11 is 0. The van der Waals surface area contributed by atoms with Gasteiger partial charge in [0.1, 0.15) is 13.2 Å². The molecule has 1 aromatic carbocycles. The van der Waals surface area contributed by atoms with Crippen LogP contribution in [0.4, 0.5) is 0 Å². The number of hydrogen-bond donors (Lipinski definition) is 1. The molecule has 3 atom stereocenters. The first-order valence-electron chi connectivity index (χ1n) is 6.93. The van der Waals surface area contributed by atoms with Crippen molar-refractivity contribution >= 4 is 0 Å². The Bertz CT molecular complexity index is 433. The summed E-state index contributed by atoms with van der Waals surface area (Å²) in [7, 11) is 0. The average Bonchev–Trinajstić information content (AvgIpc) is 2.79. The fraction of sp³-hybridized carbons (Fsp3) is 0.600. The summed E-state index contributed by atoms with van der Waals surface area (Å²) < 4.78 is 11.2. The highest BCUT2D eigenvalue weighted by Gasteiger charge is 2.31. The molecule has 3 unspecified atom stereocenters. The van der Waals surface area contributed by atoms with Gasteiger partial charge >= 0.3 is 0 Å². The quantitative estimate of drug-likeness (QED) is 0.871. The fourth-order valence-corrected chi connectivity index (χ4v) is 3.16. The summed E-state index contributed by atoms with van der Waals surface area (Å²) in [5.74, 6) is 2.39. The van der Waals surface area contributed by atoms with Crippen molar-refractivity contribution in [3.05, 3.63) is 23.8 Å². The van der Waals surface area contributed by atoms with Crippen molar-refractivity contribution in [1.82, 2.24) is 5.32 Å². The number of benzene rings is 1. The van der Waals surface area contributed by atoms with Crippen LogP contribution in [0.5, 0.6) is 11.5 Å². The van der Waals surface area contributed by atoms with Crippen LogP contribution < -0.4 is 14.8 Å². The second kappa shape index (κ2) is 4.81. The van der Waals surface area contributed by atoms with E-state index in [1.807, 2.05) is 0 Å². The van der Waals surface area contributed by atoms with E-state index in [2.05, 4.69) is 37.4 Å². The SMILES string of the molecule is CCC1NC(C)CC1c1ccc2c(c1)OCCO2. The first kappa shape index (κ1) is 11.8. The molecule has 0 aromatic heterocycles. The molecule has 1 aromatic rings. The molecule has 2 heterocycles. The van der Waals surface area contributed by atoms with Gasteiger partial charge in [0, 0.05) is 18.0 Å². The van der Waals surface area contributed by atoms with Crippen LogP contribution in [-0.4, -0.2) is 25.3 Å². The van der Waals surface area contributed by atoms with Gasteiger partial charge in [0.2, 0.25) is 0 Å². The van der Waals surface area contributed by atoms with Gasteiger partial charge in [0.05, 0.1) is 0 Å². The van der Waals surface area contributed by atoms with Crippen molar-refractivity contribution in [1.29, 1.82) is 0 Å². The molecule has 98 valence electrons. The maximum absolute atomic E-state index is 5.67. The van der Waals surface area contributed by atoms with Crippen LogP contribution in [0, 0.1) is 0 Å². The molecular formula is C15H21NO2. The van der Waals surface area contributed by atoms with Crippen molar-refractivity contribution in [3.8, 4) is 11.5 Å². The van der Waals surface area contributed by atoms with Gasteiger partial charge in [-0.15, -0.1) is 0 Å². The molecule has 3 nitrogen and oxygen atoms in total. The normalized spacial score (nSPS) is 30.4. The van der Waals surface area contributed by atoms with Crippen LogP contribution in [0.25, 0.3) is 0 Å². The molecule has 18 heavy (non-hydrogen) atoms. The van der Waals surface area contributed by atoms with Crippen LogP contribution in [0.1, 0.15) is 38.2 Å². The first-order valence-corrected chi connectivity index (χ1v) is 6.93. The minimum absolute atomic E-state index is 0.586. The van der Waals surface area contributed by atoms with Gasteiger partial charge in [0.15, 0.2) is 11.5 Å². The summed E-state index contributed by atoms with van der Waals surface area (Å²) in [6.45, 7) is 5.83. The summed E-state index contributed by atoms with van der Waals surface area (Å²) in [4.78, 5) is 0. The van der Waals surface area contributed by atoms with Crippen molar-refractivity contribution in [2.24, 2.45) is 0 Å². The average molecular weight is 247 g/mol. The Morgan fingerprint density at radius 3 is 2.78 bits per heavy atom. The highest BCUT2D eigenvalue weighted by Crippen LogP contribution is 2.38. The zero-order valence-electron chi connectivity index (χ0n) is 11.1. The Morgan fingerprint density at radius 1 is 1.22 bits per heavy atom. The summed E-state index contributed by atoms with van der Waals surface area (Å²) in [6.07, 6.45) is 2.38. The number of ether oxygens (including phenoxy) is 2. The standard InChI is InChI=1S/C15H21NO2/c1-3-13-12(8-10(2)16-13)11-4-5-14-15(9-11)18-7-6-17-14/h4-5,9-10,12-13,16H,3,6-8H2,1-2H3. The number of fused-ring (bicyclic) bond motifs is 1. The Morgan fingerprint density at radius 2 is 2.00 bits per heavy atom. The van der Waals surface area contributed by atoms with E-state index in [0.29, 0.717) is 31.2 Å². The van der Waals surface area contributed by atoms with Gasteiger partial charge < -0.3 is 14.8 Å². The lowest BCUT2D eigenvalue weighted by Gasteiger charge is -2.22. The van der Waals surface area contributed by atoms with E-state index in [9.17, 15) is 0 Å². The van der Waals surface area contributed by atoms with Crippen LogP contribution in [0.2, 0.25) is 0 Å². The second-order valence-corrected chi connectivity index (χ2v) is 5.33. The maximum atomic E-state index is 5.67. The lowest BCUT2D eigenvalue weighted by molar-refractivity contribution is 0.171. The predicted molar refractivity (Wildman–Crippen MR) is 71.5 cm³/mol. The van der Waals surface area contributed by atoms with Crippen molar-refractivity contribution in [2.45, 2.75) is 44.7 Å². The molecular weight excluding hydrogens is 226 g/mol. The van der Waals surface area contributed by atoms with Gasteiger partial charge in [-0.3, -0.25) is 0 Å². The van der Waals surface area contributed by atoms with E-state index in [4.69, 9.17) is 9.47 Å². The number of hydrogen-bond acceptors (Lipinski definition) is 3. The predicted octanol–water partition coefficient (Wildman–Crippen LogP) is 2.70. The van der Waals surface area contributed by atoms with E-state index in [-0.39, 0.29) is 0 Å². The fourth-order valence-electron chi connectivity index (χ4n) is 3.16. The van der Waals surface area contributed by atoms with Crippen LogP contribution in [0.3, 0.4) is 0 Å². The Hall–Kier alpha value is -1.22. The highest BCUT2D eigenvalue weighted by molar-refractivity contribution is 5.45. The molecule has 0 amide bonds. The molecule has 2 aliphatic heterocycles. The lowest BCUT2D eigenvalue weighted by atomic mass is 9.89. The maximum Gasteiger partial charge on any atom is 0.161 e. The Balaban J connectivity index is 1.87. The topological polar surface area (TPSA) is 30.5 Å². The molecule has 3 heteroatoms. The molecule has 2 aliphatic rings. The van der Waals surface area contributed by atoms with Gasteiger partial charge in [-0.25, -0.2) is 0 Å². The molecule has 0 saturated carbocycles. The first-order chi connectivity index (χ1) is 8.78. The Kier molecular flexibility index (Phi) is 3.16. The lowest BCUT2D eigenvalue weighted by Crippen LogP contribution is -2.28. The third kappa shape index (κ3) is 2.07. The highest BCUT2D eigenvalue weighted by atomic mass is 16.6. The zero-order valence-corrected chi connectivity index (χ0v) is 11.1. The minimum Gasteiger partial charge on any atom is -0.486 e. The van der Waals surface area contributed by atoms with Gasteiger partial charge in [0.25, 0.3) is 0 Å². The van der Waals surface area contributed by atoms with Gasteiger partial charge in [-0.05, 0) is 37.5 Å². The smallest absolute Gasteiger partial charge is 0.161 e. The third-order valence-electron chi connectivity index (χ3n) is 4.03. The summed E-state index contributed by atoms with van der Waals surface area (Å²) in [5.41, 5.74) is 1.38. The van der Waals surface area contributed by atoms with E-state index in [0.717, 1.165) is 11.5 Å². The zero-order chi connectivity index (χ0) is 12.5. The molecule has 3 rings (SSSR count). The van der Waals surface area contributed by atoms with Crippen molar-refractivity contribution in [3.63, 3.8) is 0 Å². The van der Waals surface area contributed by atoms with E-state index in [1.165, 1.54) is 18.4 Å². The molecule has 1 saturated heterocycles. The van der Waals surface area contributed by atoms with Crippen molar-refractivity contribution in [2.75, 3.05) is 13.2 Å².